The number of carbonyl (C=O) groups is 1. The van der Waals surface area contributed by atoms with E-state index in [1.807, 2.05) is 0 Å². The summed E-state index contributed by atoms with van der Waals surface area (Å²) >= 11 is 6.07. The molecule has 0 saturated carbocycles. The zero-order chi connectivity index (χ0) is 19.5. The molecule has 0 unspecified atom stereocenters. The van der Waals surface area contributed by atoms with Crippen LogP contribution < -0.4 is 4.72 Å². The highest BCUT2D eigenvalue weighted by atomic mass is 35.5. The van der Waals surface area contributed by atoms with E-state index in [0.29, 0.717) is 11.1 Å². The molecule has 26 heavy (non-hydrogen) atoms. The van der Waals surface area contributed by atoms with Crippen LogP contribution in [0.5, 0.6) is 0 Å². The fourth-order valence-corrected chi connectivity index (χ4v) is 4.09. The van der Waals surface area contributed by atoms with Gasteiger partial charge in [-0.05, 0) is 35.4 Å². The topological polar surface area (TPSA) is 83.5 Å². The van der Waals surface area contributed by atoms with Gasteiger partial charge in [0.1, 0.15) is 5.82 Å². The first kappa shape index (κ1) is 20.4. The van der Waals surface area contributed by atoms with E-state index in [0.717, 1.165) is 0 Å². The lowest BCUT2D eigenvalue weighted by molar-refractivity contribution is -0.136. The van der Waals surface area contributed by atoms with Gasteiger partial charge in [0, 0.05) is 17.0 Å². The lowest BCUT2D eigenvalue weighted by atomic mass is 9.85. The van der Waals surface area contributed by atoms with E-state index in [-0.39, 0.29) is 22.9 Å². The standard InChI is InChI=1S/C18H19ClFNO4S/c1-18(2,15-8-5-13(20)10-16(15)19)11-21-26(24,25)14-6-3-12(4-7-14)9-17(22)23/h3-8,10,21H,9,11H2,1-2H3,(H,22,23). The number of hydrogen-bond donors (Lipinski definition) is 2. The zero-order valence-corrected chi connectivity index (χ0v) is 15.9. The van der Waals surface area contributed by atoms with Gasteiger partial charge in [0.2, 0.25) is 10.0 Å². The minimum absolute atomic E-state index is 0.0349. The van der Waals surface area contributed by atoms with Gasteiger partial charge in [0.15, 0.2) is 0 Å². The molecule has 0 radical (unpaired) electrons. The van der Waals surface area contributed by atoms with Crippen LogP contribution in [0, 0.1) is 5.82 Å². The second-order valence-electron chi connectivity index (χ2n) is 6.55. The Morgan fingerprint density at radius 1 is 1.19 bits per heavy atom. The van der Waals surface area contributed by atoms with Crippen LogP contribution in [0.15, 0.2) is 47.4 Å². The molecule has 2 N–H and O–H groups in total. The predicted octanol–water partition coefficient (Wildman–Crippen LogP) is 3.36. The van der Waals surface area contributed by atoms with Crippen molar-refractivity contribution in [3.8, 4) is 0 Å². The Morgan fingerprint density at radius 3 is 2.35 bits per heavy atom. The van der Waals surface area contributed by atoms with Crippen LogP contribution in [0.1, 0.15) is 25.0 Å². The Morgan fingerprint density at radius 2 is 1.81 bits per heavy atom. The number of nitrogens with one attached hydrogen (secondary N) is 1. The minimum atomic E-state index is -3.78. The largest absolute Gasteiger partial charge is 0.481 e. The van der Waals surface area contributed by atoms with Crippen molar-refractivity contribution in [1.29, 1.82) is 0 Å². The van der Waals surface area contributed by atoms with Gasteiger partial charge in [-0.15, -0.1) is 0 Å². The van der Waals surface area contributed by atoms with E-state index < -0.39 is 27.2 Å². The van der Waals surface area contributed by atoms with E-state index in [4.69, 9.17) is 16.7 Å². The summed E-state index contributed by atoms with van der Waals surface area (Å²) in [5, 5.41) is 8.98. The second-order valence-corrected chi connectivity index (χ2v) is 8.72. The van der Waals surface area contributed by atoms with Gasteiger partial charge < -0.3 is 5.11 Å². The highest BCUT2D eigenvalue weighted by molar-refractivity contribution is 7.89. The van der Waals surface area contributed by atoms with Crippen LogP contribution in [0.4, 0.5) is 4.39 Å². The number of carboxylic acid groups (broad SMARTS) is 1. The molecule has 0 aromatic heterocycles. The summed E-state index contributed by atoms with van der Waals surface area (Å²) in [6, 6.07) is 9.64. The van der Waals surface area contributed by atoms with Crippen molar-refractivity contribution in [3.63, 3.8) is 0 Å². The molecule has 0 spiro atoms. The second kappa shape index (κ2) is 7.73. The van der Waals surface area contributed by atoms with Gasteiger partial charge in [0.25, 0.3) is 0 Å². The maximum Gasteiger partial charge on any atom is 0.307 e. The van der Waals surface area contributed by atoms with Crippen LogP contribution >= 0.6 is 11.6 Å². The SMILES string of the molecule is CC(C)(CNS(=O)(=O)c1ccc(CC(=O)O)cc1)c1ccc(F)cc1Cl. The molecule has 0 aliphatic heterocycles. The van der Waals surface area contributed by atoms with Gasteiger partial charge in [0.05, 0.1) is 11.3 Å². The van der Waals surface area contributed by atoms with E-state index in [9.17, 15) is 17.6 Å². The van der Waals surface area contributed by atoms with Crippen LogP contribution in [0.25, 0.3) is 0 Å². The summed E-state index contributed by atoms with van der Waals surface area (Å²) in [5.74, 6) is -1.45. The van der Waals surface area contributed by atoms with Gasteiger partial charge in [-0.2, -0.15) is 0 Å². The summed E-state index contributed by atoms with van der Waals surface area (Å²) < 4.78 is 40.7. The zero-order valence-electron chi connectivity index (χ0n) is 14.3. The highest BCUT2D eigenvalue weighted by Crippen LogP contribution is 2.30. The molecule has 0 atom stereocenters. The van der Waals surface area contributed by atoms with E-state index in [1.165, 1.54) is 42.5 Å². The lowest BCUT2D eigenvalue weighted by Gasteiger charge is -2.26. The van der Waals surface area contributed by atoms with Crippen LogP contribution in [0.2, 0.25) is 5.02 Å². The molecule has 8 heteroatoms. The molecule has 140 valence electrons. The molecular weight excluding hydrogens is 381 g/mol. The number of sulfonamides is 1. The Labute approximate surface area is 156 Å². The van der Waals surface area contributed by atoms with Crippen LogP contribution in [-0.2, 0) is 26.7 Å². The summed E-state index contributed by atoms with van der Waals surface area (Å²) in [6.07, 6.45) is -0.177. The molecule has 0 aliphatic carbocycles. The van der Waals surface area contributed by atoms with E-state index in [2.05, 4.69) is 4.72 Å². The van der Waals surface area contributed by atoms with Gasteiger partial charge in [-0.3, -0.25) is 4.79 Å². The number of aliphatic carboxylic acids is 1. The molecule has 2 aromatic rings. The number of hydrogen-bond acceptors (Lipinski definition) is 3. The van der Waals surface area contributed by atoms with Crippen molar-refractivity contribution in [2.45, 2.75) is 30.6 Å². The lowest BCUT2D eigenvalue weighted by Crippen LogP contribution is -2.36. The summed E-state index contributed by atoms with van der Waals surface area (Å²) in [7, 11) is -3.78. The first-order valence-corrected chi connectivity index (χ1v) is 9.63. The summed E-state index contributed by atoms with van der Waals surface area (Å²) in [5.41, 5.74) is 0.469. The normalized spacial score (nSPS) is 12.2. The van der Waals surface area contributed by atoms with Crippen molar-refractivity contribution in [2.24, 2.45) is 0 Å². The fourth-order valence-electron chi connectivity index (χ4n) is 2.45. The summed E-state index contributed by atoms with van der Waals surface area (Å²) in [4.78, 5) is 10.7. The maximum atomic E-state index is 13.2. The third-order valence-electron chi connectivity index (χ3n) is 3.95. The predicted molar refractivity (Wildman–Crippen MR) is 97.4 cm³/mol. The van der Waals surface area contributed by atoms with E-state index >= 15 is 0 Å². The van der Waals surface area contributed by atoms with Gasteiger partial charge in [-0.1, -0.05) is 43.6 Å². The van der Waals surface area contributed by atoms with Gasteiger partial charge in [-0.25, -0.2) is 17.5 Å². The van der Waals surface area contributed by atoms with Gasteiger partial charge >= 0.3 is 5.97 Å². The first-order chi connectivity index (χ1) is 12.0. The average molecular weight is 400 g/mol. The molecule has 2 rings (SSSR count). The summed E-state index contributed by atoms with van der Waals surface area (Å²) in [6.45, 7) is 3.65. The number of benzene rings is 2. The molecule has 0 heterocycles. The average Bonchev–Trinajstić information content (AvgIpc) is 2.53. The van der Waals surface area contributed by atoms with E-state index in [1.54, 1.807) is 13.8 Å². The molecule has 0 saturated heterocycles. The number of rotatable bonds is 7. The smallest absolute Gasteiger partial charge is 0.307 e. The Kier molecular flexibility index (Phi) is 6.05. The molecule has 0 aliphatic rings. The quantitative estimate of drug-likeness (QED) is 0.747. The Hall–Kier alpha value is -1.96. The van der Waals surface area contributed by atoms with Crippen molar-refractivity contribution < 1.29 is 22.7 Å². The third kappa shape index (κ3) is 5.03. The van der Waals surface area contributed by atoms with Crippen LogP contribution in [-0.4, -0.2) is 26.0 Å². The molecule has 0 amide bonds. The minimum Gasteiger partial charge on any atom is -0.481 e. The third-order valence-corrected chi connectivity index (χ3v) is 5.68. The fraction of sp³-hybridized carbons (Fsp3) is 0.278. The van der Waals surface area contributed by atoms with Crippen molar-refractivity contribution in [3.05, 3.63) is 64.4 Å². The Bertz CT molecular complexity index is 911. The van der Waals surface area contributed by atoms with Crippen molar-refractivity contribution in [1.82, 2.24) is 4.72 Å². The molecule has 2 aromatic carbocycles. The Balaban J connectivity index is 2.14. The molecule has 0 bridgehead atoms. The molecule has 5 nitrogen and oxygen atoms in total. The molecular formula is C18H19ClFNO4S. The van der Waals surface area contributed by atoms with Crippen molar-refractivity contribution >= 4 is 27.6 Å². The molecule has 0 fully saturated rings. The highest BCUT2D eigenvalue weighted by Gasteiger charge is 2.26. The van der Waals surface area contributed by atoms with Crippen LogP contribution in [0.3, 0.4) is 0 Å². The number of carboxylic acids is 1. The first-order valence-electron chi connectivity index (χ1n) is 7.77. The number of halogens is 2. The monoisotopic (exact) mass is 399 g/mol. The van der Waals surface area contributed by atoms with Crippen molar-refractivity contribution in [2.75, 3.05) is 6.54 Å². The maximum absolute atomic E-state index is 13.2.